The summed E-state index contributed by atoms with van der Waals surface area (Å²) in [6.07, 6.45) is 0. The zero-order chi connectivity index (χ0) is 36.2. The van der Waals surface area contributed by atoms with Gasteiger partial charge in [0.25, 0.3) is 6.71 Å². The summed E-state index contributed by atoms with van der Waals surface area (Å²) in [5.41, 5.74) is 31.1. The Morgan fingerprint density at radius 2 is 0.870 bits per heavy atom. The average Bonchev–Trinajstić information content (AvgIpc) is 3.70. The molecule has 6 heterocycles. The number of aryl methyl sites for hydroxylation is 6. The van der Waals surface area contributed by atoms with Gasteiger partial charge in [0.15, 0.2) is 0 Å². The molecule has 0 saturated heterocycles. The molecule has 2 nitrogen and oxygen atoms in total. The number of fused-ring (bicyclic) bond motifs is 4. The van der Waals surface area contributed by atoms with Crippen molar-refractivity contribution in [2.75, 3.05) is 0 Å². The fourth-order valence-corrected chi connectivity index (χ4v) is 12.2. The Balaban J connectivity index is 1.36. The van der Waals surface area contributed by atoms with Crippen molar-refractivity contribution in [3.05, 3.63) is 136 Å². The van der Waals surface area contributed by atoms with Crippen LogP contribution in [0.1, 0.15) is 38.9 Å². The van der Waals surface area contributed by atoms with Gasteiger partial charge in [0.1, 0.15) is 0 Å². The molecule has 4 aliphatic heterocycles. The number of rotatable bonds is 2. The van der Waals surface area contributed by atoms with Crippen molar-refractivity contribution in [3.63, 3.8) is 0 Å². The van der Waals surface area contributed by atoms with Crippen LogP contribution in [0.15, 0.2) is 97.1 Å². The summed E-state index contributed by atoms with van der Waals surface area (Å²) in [4.78, 5) is 0. The van der Waals surface area contributed by atoms with Gasteiger partial charge >= 0.3 is 0 Å². The lowest BCUT2D eigenvalue weighted by Gasteiger charge is -2.43. The quantitative estimate of drug-likeness (QED) is 0.231. The fourth-order valence-electron chi connectivity index (χ4n) is 12.2. The first-order valence-corrected chi connectivity index (χ1v) is 19.7. The van der Waals surface area contributed by atoms with Gasteiger partial charge in [0.2, 0.25) is 13.4 Å². The van der Waals surface area contributed by atoms with Crippen molar-refractivity contribution < 1.29 is 0 Å². The van der Waals surface area contributed by atoms with E-state index in [-0.39, 0.29) is 20.1 Å². The van der Waals surface area contributed by atoms with Gasteiger partial charge in [-0.1, -0.05) is 124 Å². The van der Waals surface area contributed by atoms with Crippen molar-refractivity contribution in [2.45, 2.75) is 48.5 Å². The first kappa shape index (κ1) is 29.7. The highest BCUT2D eigenvalue weighted by atomic mass is 15.0. The first-order valence-electron chi connectivity index (χ1n) is 19.7. The molecule has 5 heteroatoms. The molecule has 0 aliphatic carbocycles. The smallest absolute Gasteiger partial charge is 0.252 e. The van der Waals surface area contributed by atoms with E-state index in [1.165, 1.54) is 143 Å². The second-order valence-electron chi connectivity index (χ2n) is 17.2. The molecule has 54 heavy (non-hydrogen) atoms. The topological polar surface area (TPSA) is 9.86 Å². The van der Waals surface area contributed by atoms with E-state index < -0.39 is 0 Å². The van der Waals surface area contributed by atoms with Gasteiger partial charge in [-0.15, -0.1) is 0 Å². The van der Waals surface area contributed by atoms with Gasteiger partial charge in [-0.3, -0.25) is 0 Å². The first-order chi connectivity index (χ1) is 26.2. The van der Waals surface area contributed by atoms with Gasteiger partial charge in [0, 0.05) is 55.0 Å². The van der Waals surface area contributed by atoms with Gasteiger partial charge in [0.05, 0.1) is 0 Å². The third kappa shape index (κ3) is 3.17. The maximum atomic E-state index is 2.77. The number of benzene rings is 7. The zero-order valence-corrected chi connectivity index (χ0v) is 31.9. The van der Waals surface area contributed by atoms with Gasteiger partial charge in [-0.25, -0.2) is 0 Å². The van der Waals surface area contributed by atoms with E-state index in [9.17, 15) is 0 Å². The van der Waals surface area contributed by atoms with Gasteiger partial charge < -0.3 is 9.13 Å². The van der Waals surface area contributed by atoms with Crippen LogP contribution in [0.2, 0.25) is 0 Å². The normalized spacial score (nSPS) is 14.1. The van der Waals surface area contributed by atoms with E-state index in [0.717, 1.165) is 0 Å². The molecule has 0 saturated carbocycles. The highest BCUT2D eigenvalue weighted by molar-refractivity contribution is 7.06. The predicted octanol–water partition coefficient (Wildman–Crippen LogP) is 4.84. The highest BCUT2D eigenvalue weighted by Crippen LogP contribution is 2.42. The van der Waals surface area contributed by atoms with Crippen LogP contribution in [-0.2, 0) is 0 Å². The molecule has 0 unspecified atom stereocenters. The Bertz CT molecular complexity index is 3320. The Morgan fingerprint density at radius 1 is 0.389 bits per heavy atom. The van der Waals surface area contributed by atoms with Crippen LogP contribution in [0.4, 0.5) is 0 Å². The van der Waals surface area contributed by atoms with E-state index in [0.29, 0.717) is 0 Å². The maximum Gasteiger partial charge on any atom is 0.252 e. The highest BCUT2D eigenvalue weighted by Gasteiger charge is 2.50. The number of nitrogens with zero attached hydrogens (tertiary/aromatic N) is 2. The summed E-state index contributed by atoms with van der Waals surface area (Å²) in [6.45, 7) is 16.6. The van der Waals surface area contributed by atoms with E-state index in [1.54, 1.807) is 0 Å². The minimum Gasteiger partial charge on any atom is -0.311 e. The van der Waals surface area contributed by atoms with Crippen molar-refractivity contribution in [1.82, 2.24) is 9.13 Å². The molecule has 2 aromatic heterocycles. The predicted molar refractivity (Wildman–Crippen MR) is 235 cm³/mol. The molecular weight excluding hydrogens is 649 g/mol. The van der Waals surface area contributed by atoms with Gasteiger partial charge in [-0.05, 0) is 109 Å². The number of aromatic nitrogens is 2. The maximum absolute atomic E-state index is 2.77. The van der Waals surface area contributed by atoms with Crippen molar-refractivity contribution in [3.8, 4) is 11.4 Å². The van der Waals surface area contributed by atoms with Crippen LogP contribution in [0.25, 0.3) is 55.0 Å². The molecule has 13 rings (SSSR count). The fraction of sp³-hybridized carbons (Fsp3) is 0.143. The third-order valence-electron chi connectivity index (χ3n) is 14.1. The SMILES string of the molecule is Cc1cccc(B2c3c(C)c4c5c6c3-n3c7c(cc(C)cc7c7c(C)ccc2c73)B6c2ccc(C)c3c6c(C)ccc(c6n-5c23)B4c2cccc(C)c2)c1. The van der Waals surface area contributed by atoms with E-state index in [4.69, 9.17) is 0 Å². The van der Waals surface area contributed by atoms with Crippen LogP contribution in [0, 0.1) is 48.5 Å². The summed E-state index contributed by atoms with van der Waals surface area (Å²) < 4.78 is 5.52. The standard InChI is InChI=1S/C49H37B3N2/c1-24-10-8-12-31(20-24)50-34-17-14-27(4)38-33-22-26(3)23-37-44(33)53(45(34)38)48-41(50)30(7)42-49-43(48)52(37)36-19-16-29(6)40-39-28(5)15-18-35(46(39)54(49)47(36)40)51(42)32-13-9-11-25(2)21-32/h8-23H,1-7H3. The van der Waals surface area contributed by atoms with Crippen molar-refractivity contribution >= 4 is 113 Å². The second kappa shape index (κ2) is 9.52. The Kier molecular flexibility index (Phi) is 5.24. The zero-order valence-electron chi connectivity index (χ0n) is 31.9. The van der Waals surface area contributed by atoms with Crippen LogP contribution < -0.4 is 49.2 Å². The summed E-state index contributed by atoms with van der Waals surface area (Å²) in [7, 11) is 0. The van der Waals surface area contributed by atoms with Crippen LogP contribution >= 0.6 is 0 Å². The summed E-state index contributed by atoms with van der Waals surface area (Å²) >= 11 is 0. The molecule has 0 N–H and O–H groups in total. The van der Waals surface area contributed by atoms with Crippen molar-refractivity contribution in [1.29, 1.82) is 0 Å². The molecule has 0 amide bonds. The molecule has 0 fully saturated rings. The molecule has 0 atom stereocenters. The lowest BCUT2D eigenvalue weighted by molar-refractivity contribution is 1.15. The van der Waals surface area contributed by atoms with Crippen LogP contribution in [-0.4, -0.2) is 29.3 Å². The minimum atomic E-state index is 0.116. The lowest BCUT2D eigenvalue weighted by Crippen LogP contribution is -2.70. The van der Waals surface area contributed by atoms with Crippen LogP contribution in [0.3, 0.4) is 0 Å². The van der Waals surface area contributed by atoms with Crippen LogP contribution in [0.5, 0.6) is 0 Å². The number of hydrogen-bond acceptors (Lipinski definition) is 0. The Labute approximate surface area is 316 Å². The lowest BCUT2D eigenvalue weighted by atomic mass is 9.27. The van der Waals surface area contributed by atoms with E-state index >= 15 is 0 Å². The van der Waals surface area contributed by atoms with Gasteiger partial charge in [-0.2, -0.15) is 0 Å². The van der Waals surface area contributed by atoms with E-state index in [1.807, 2.05) is 0 Å². The second-order valence-corrected chi connectivity index (χ2v) is 17.2. The summed E-state index contributed by atoms with van der Waals surface area (Å²) in [5.74, 6) is 0. The molecule has 252 valence electrons. The molecule has 0 radical (unpaired) electrons. The molecule has 9 aromatic rings. The third-order valence-corrected chi connectivity index (χ3v) is 14.1. The molecular formula is C49H37B3N2. The molecule has 0 bridgehead atoms. The minimum absolute atomic E-state index is 0.116. The Hall–Kier alpha value is -5.67. The monoisotopic (exact) mass is 686 g/mol. The number of hydrogen-bond donors (Lipinski definition) is 0. The summed E-state index contributed by atoms with van der Waals surface area (Å²) in [5, 5.41) is 5.69. The largest absolute Gasteiger partial charge is 0.311 e. The van der Waals surface area contributed by atoms with E-state index in [2.05, 4.69) is 155 Å². The molecule has 0 spiro atoms. The molecule has 4 aliphatic rings. The summed E-state index contributed by atoms with van der Waals surface area (Å²) in [6, 6.07) is 38.4. The average molecular weight is 686 g/mol. The molecule has 7 aromatic carbocycles. The Morgan fingerprint density at radius 3 is 1.41 bits per heavy atom. The van der Waals surface area contributed by atoms with Crippen molar-refractivity contribution in [2.24, 2.45) is 0 Å².